The van der Waals surface area contributed by atoms with Gasteiger partial charge in [-0.05, 0) is 46.2 Å². The van der Waals surface area contributed by atoms with Crippen molar-refractivity contribution in [2.45, 2.75) is 59.2 Å². The smallest absolute Gasteiger partial charge is 0.340 e. The first kappa shape index (κ1) is 21.1. The van der Waals surface area contributed by atoms with E-state index in [0.29, 0.717) is 12.2 Å². The van der Waals surface area contributed by atoms with Crippen molar-refractivity contribution in [2.24, 2.45) is 0 Å². The molecule has 1 aromatic rings. The summed E-state index contributed by atoms with van der Waals surface area (Å²) in [6, 6.07) is 7.03. The molecule has 0 unspecified atom stereocenters. The molecule has 0 fully saturated rings. The SMILES string of the molecule is CCCCOC[C@@H](ONC(=O)c1ccc(C)cc1)C(=O)OC(C)(C)C. The molecule has 1 aromatic carbocycles. The highest BCUT2D eigenvalue weighted by Crippen LogP contribution is 2.10. The number of benzene rings is 1. The Morgan fingerprint density at radius 1 is 1.16 bits per heavy atom. The zero-order valence-electron chi connectivity index (χ0n) is 15.8. The third-order valence-corrected chi connectivity index (χ3v) is 3.19. The van der Waals surface area contributed by atoms with Crippen LogP contribution in [0.1, 0.15) is 56.5 Å². The predicted octanol–water partition coefficient (Wildman–Crippen LogP) is 3.18. The van der Waals surface area contributed by atoms with Crippen molar-refractivity contribution in [3.8, 4) is 0 Å². The van der Waals surface area contributed by atoms with Crippen LogP contribution in [0.3, 0.4) is 0 Å². The lowest BCUT2D eigenvalue weighted by molar-refractivity contribution is -0.176. The summed E-state index contributed by atoms with van der Waals surface area (Å²) in [6.45, 7) is 9.83. The van der Waals surface area contributed by atoms with E-state index in [-0.39, 0.29) is 6.61 Å². The molecular weight excluding hydrogens is 322 g/mol. The second kappa shape index (κ2) is 10.2. The number of hydroxylamine groups is 1. The maximum absolute atomic E-state index is 12.2. The Kier molecular flexibility index (Phi) is 8.58. The number of aryl methyl sites for hydroxylation is 1. The lowest BCUT2D eigenvalue weighted by Gasteiger charge is -2.23. The normalized spacial score (nSPS) is 12.5. The van der Waals surface area contributed by atoms with Crippen LogP contribution < -0.4 is 5.48 Å². The minimum absolute atomic E-state index is 0.0170. The molecule has 0 aliphatic heterocycles. The fourth-order valence-corrected chi connectivity index (χ4v) is 1.84. The molecule has 0 bridgehead atoms. The van der Waals surface area contributed by atoms with Crippen molar-refractivity contribution in [1.29, 1.82) is 0 Å². The molecule has 0 radical (unpaired) electrons. The fraction of sp³-hybridized carbons (Fsp3) is 0.579. The molecule has 0 aliphatic carbocycles. The zero-order valence-corrected chi connectivity index (χ0v) is 15.8. The van der Waals surface area contributed by atoms with Gasteiger partial charge in [0.1, 0.15) is 5.60 Å². The molecule has 0 spiro atoms. The van der Waals surface area contributed by atoms with E-state index in [9.17, 15) is 9.59 Å². The summed E-state index contributed by atoms with van der Waals surface area (Å²) in [5, 5.41) is 0. The Labute approximate surface area is 149 Å². The zero-order chi connectivity index (χ0) is 18.9. The Bertz CT molecular complexity index is 548. The number of nitrogens with one attached hydrogen (secondary N) is 1. The van der Waals surface area contributed by atoms with Gasteiger partial charge in [0.05, 0.1) is 6.61 Å². The summed E-state index contributed by atoms with van der Waals surface area (Å²) in [6.07, 6.45) is 0.851. The molecule has 0 aromatic heterocycles. The third-order valence-electron chi connectivity index (χ3n) is 3.19. The van der Waals surface area contributed by atoms with Gasteiger partial charge in [0.25, 0.3) is 5.91 Å². The first-order valence-electron chi connectivity index (χ1n) is 8.56. The first-order chi connectivity index (χ1) is 11.7. The van der Waals surface area contributed by atoms with Crippen LogP contribution >= 0.6 is 0 Å². The monoisotopic (exact) mass is 351 g/mol. The van der Waals surface area contributed by atoms with Crippen LogP contribution in [0.15, 0.2) is 24.3 Å². The van der Waals surface area contributed by atoms with E-state index in [1.54, 1.807) is 32.9 Å². The minimum atomic E-state index is -1.02. The van der Waals surface area contributed by atoms with Crippen molar-refractivity contribution in [3.05, 3.63) is 35.4 Å². The quantitative estimate of drug-likeness (QED) is 0.420. The molecular formula is C19H29NO5. The van der Waals surface area contributed by atoms with Crippen molar-refractivity contribution >= 4 is 11.9 Å². The first-order valence-corrected chi connectivity index (χ1v) is 8.56. The van der Waals surface area contributed by atoms with Crippen molar-refractivity contribution in [2.75, 3.05) is 13.2 Å². The average molecular weight is 351 g/mol. The summed E-state index contributed by atoms with van der Waals surface area (Å²) in [5.74, 6) is -1.00. The molecule has 1 atom stereocenters. The van der Waals surface area contributed by atoms with Gasteiger partial charge in [0.2, 0.25) is 6.10 Å². The van der Waals surface area contributed by atoms with Crippen LogP contribution in [0.5, 0.6) is 0 Å². The molecule has 1 rings (SSSR count). The minimum Gasteiger partial charge on any atom is -0.458 e. The largest absolute Gasteiger partial charge is 0.458 e. The van der Waals surface area contributed by atoms with E-state index in [1.807, 2.05) is 26.0 Å². The number of amides is 1. The lowest BCUT2D eigenvalue weighted by Crippen LogP contribution is -2.41. The van der Waals surface area contributed by atoms with Crippen LogP contribution in [-0.4, -0.2) is 36.8 Å². The number of ether oxygens (including phenoxy) is 2. The highest BCUT2D eigenvalue weighted by molar-refractivity contribution is 5.93. The Hall–Kier alpha value is -1.92. The van der Waals surface area contributed by atoms with Crippen molar-refractivity contribution in [3.63, 3.8) is 0 Å². The molecule has 1 N–H and O–H groups in total. The molecule has 140 valence electrons. The molecule has 6 heteroatoms. The van der Waals surface area contributed by atoms with Gasteiger partial charge in [0, 0.05) is 12.2 Å². The predicted molar refractivity (Wildman–Crippen MR) is 95.1 cm³/mol. The summed E-state index contributed by atoms with van der Waals surface area (Å²) in [4.78, 5) is 29.6. The highest BCUT2D eigenvalue weighted by atomic mass is 16.7. The van der Waals surface area contributed by atoms with Gasteiger partial charge in [-0.25, -0.2) is 10.3 Å². The van der Waals surface area contributed by atoms with Gasteiger partial charge < -0.3 is 9.47 Å². The van der Waals surface area contributed by atoms with Crippen LogP contribution in [0.25, 0.3) is 0 Å². The van der Waals surface area contributed by atoms with Gasteiger partial charge in [-0.2, -0.15) is 0 Å². The van der Waals surface area contributed by atoms with Crippen LogP contribution in [0.4, 0.5) is 0 Å². The number of carbonyl (C=O) groups excluding carboxylic acids is 2. The molecule has 25 heavy (non-hydrogen) atoms. The summed E-state index contributed by atoms with van der Waals surface area (Å²) in [5.41, 5.74) is 3.15. The topological polar surface area (TPSA) is 73.9 Å². The molecule has 0 saturated carbocycles. The van der Waals surface area contributed by atoms with Crippen LogP contribution in [0.2, 0.25) is 0 Å². The maximum Gasteiger partial charge on any atom is 0.340 e. The van der Waals surface area contributed by atoms with Crippen molar-refractivity contribution in [1.82, 2.24) is 5.48 Å². The molecule has 1 amide bonds. The van der Waals surface area contributed by atoms with E-state index >= 15 is 0 Å². The Morgan fingerprint density at radius 3 is 2.36 bits per heavy atom. The number of unbranched alkanes of at least 4 members (excludes halogenated alkanes) is 1. The highest BCUT2D eigenvalue weighted by Gasteiger charge is 2.27. The van der Waals surface area contributed by atoms with Gasteiger partial charge in [-0.3, -0.25) is 9.63 Å². The van der Waals surface area contributed by atoms with E-state index in [2.05, 4.69) is 5.48 Å². The number of hydrogen-bond acceptors (Lipinski definition) is 5. The van der Waals surface area contributed by atoms with Gasteiger partial charge in [-0.1, -0.05) is 31.0 Å². The number of esters is 1. The number of hydrogen-bond donors (Lipinski definition) is 1. The second-order valence-electron chi connectivity index (χ2n) is 6.87. The lowest BCUT2D eigenvalue weighted by atomic mass is 10.1. The van der Waals surface area contributed by atoms with E-state index in [4.69, 9.17) is 14.3 Å². The number of carbonyl (C=O) groups is 2. The van der Waals surface area contributed by atoms with E-state index < -0.39 is 23.6 Å². The Balaban J connectivity index is 2.63. The van der Waals surface area contributed by atoms with Gasteiger partial charge >= 0.3 is 5.97 Å². The summed E-state index contributed by atoms with van der Waals surface area (Å²) in [7, 11) is 0. The Morgan fingerprint density at radius 2 is 1.80 bits per heavy atom. The average Bonchev–Trinajstić information content (AvgIpc) is 2.52. The maximum atomic E-state index is 12.2. The van der Waals surface area contributed by atoms with E-state index in [1.165, 1.54) is 0 Å². The molecule has 6 nitrogen and oxygen atoms in total. The standard InChI is InChI=1S/C19H29NO5/c1-6-7-12-23-13-16(18(22)24-19(3,4)5)25-20-17(21)15-10-8-14(2)9-11-15/h8-11,16H,6-7,12-13H2,1-5H3,(H,20,21)/t16-/m1/s1. The second-order valence-corrected chi connectivity index (χ2v) is 6.87. The van der Waals surface area contributed by atoms with E-state index in [0.717, 1.165) is 18.4 Å². The van der Waals surface area contributed by atoms with Crippen molar-refractivity contribution < 1.29 is 23.9 Å². The molecule has 0 saturated heterocycles. The van der Waals surface area contributed by atoms with Gasteiger partial charge in [0.15, 0.2) is 0 Å². The fourth-order valence-electron chi connectivity index (χ4n) is 1.84. The number of rotatable bonds is 9. The molecule has 0 heterocycles. The summed E-state index contributed by atoms with van der Waals surface area (Å²) >= 11 is 0. The van der Waals surface area contributed by atoms with Gasteiger partial charge in [-0.15, -0.1) is 0 Å². The summed E-state index contributed by atoms with van der Waals surface area (Å²) < 4.78 is 10.8. The third kappa shape index (κ3) is 8.65. The molecule has 0 aliphatic rings. The van der Waals surface area contributed by atoms with Crippen LogP contribution in [-0.2, 0) is 19.1 Å². The van der Waals surface area contributed by atoms with Crippen LogP contribution in [0, 0.1) is 6.92 Å².